The van der Waals surface area contributed by atoms with Crippen LogP contribution in [0.4, 0.5) is 0 Å². The highest BCUT2D eigenvalue weighted by Crippen LogP contribution is 2.26. The summed E-state index contributed by atoms with van der Waals surface area (Å²) in [7, 11) is 0. The van der Waals surface area contributed by atoms with Gasteiger partial charge in [0.15, 0.2) is 5.15 Å². The maximum absolute atomic E-state index is 9.63. The molecule has 0 saturated heterocycles. The van der Waals surface area contributed by atoms with Crippen LogP contribution in [0.2, 0.25) is 5.15 Å². The molecule has 0 spiro atoms. The zero-order valence-electron chi connectivity index (χ0n) is 15.3. The number of nitrogens with zero attached hydrogens (tertiary/aromatic N) is 3. The Morgan fingerprint density at radius 2 is 1.93 bits per heavy atom. The molecule has 27 heavy (non-hydrogen) atoms. The van der Waals surface area contributed by atoms with Crippen LogP contribution in [0.5, 0.6) is 0 Å². The van der Waals surface area contributed by atoms with Crippen LogP contribution in [-0.4, -0.2) is 9.55 Å². The quantitative estimate of drug-likeness (QED) is 0.444. The molecule has 3 rings (SSSR count). The Labute approximate surface area is 170 Å². The smallest absolute Gasteiger partial charge is 0.151 e. The van der Waals surface area contributed by atoms with E-state index in [9.17, 15) is 5.26 Å². The number of rotatable bonds is 7. The third-order valence-electron chi connectivity index (χ3n) is 4.61. The minimum absolute atomic E-state index is 0.311. The molecule has 1 aromatic heterocycles. The summed E-state index contributed by atoms with van der Waals surface area (Å²) in [4.78, 5) is 4.50. The molecule has 5 heteroatoms. The first-order valence-electron chi connectivity index (χ1n) is 9.06. The molecule has 0 saturated carbocycles. The van der Waals surface area contributed by atoms with E-state index in [-0.39, 0.29) is 0 Å². The highest BCUT2D eigenvalue weighted by molar-refractivity contribution is 6.31. The standard InChI is InChI=1S/C22H21Cl2N3/c1-2-3-9-21-26-22(24)20(13-23)27(21)15-16-10-11-19(18(12-16)14-25)17-7-5-4-6-8-17/h4-8,10-12H,2-3,9,13,15H2,1H3. The predicted octanol–water partition coefficient (Wildman–Crippen LogP) is 6.20. The Hall–Kier alpha value is -2.28. The molecule has 0 aliphatic heterocycles. The summed E-state index contributed by atoms with van der Waals surface area (Å²) in [6.07, 6.45) is 3.00. The number of hydrogen-bond donors (Lipinski definition) is 0. The summed E-state index contributed by atoms with van der Waals surface area (Å²) in [6.45, 7) is 2.75. The van der Waals surface area contributed by atoms with Crippen LogP contribution in [0, 0.1) is 11.3 Å². The first-order chi connectivity index (χ1) is 13.2. The Morgan fingerprint density at radius 3 is 2.59 bits per heavy atom. The first kappa shape index (κ1) is 19.5. The molecule has 0 amide bonds. The molecule has 0 aliphatic rings. The molecule has 3 aromatic rings. The van der Waals surface area contributed by atoms with E-state index in [4.69, 9.17) is 23.2 Å². The second-order valence-corrected chi connectivity index (χ2v) is 7.07. The summed E-state index contributed by atoms with van der Waals surface area (Å²) in [6, 6.07) is 18.3. The van der Waals surface area contributed by atoms with Crippen LogP contribution in [-0.2, 0) is 18.8 Å². The fourth-order valence-corrected chi connectivity index (χ4v) is 3.78. The molecule has 0 atom stereocenters. The molecule has 0 bridgehead atoms. The summed E-state index contributed by atoms with van der Waals surface area (Å²) in [5, 5.41) is 10.1. The Bertz CT molecular complexity index is 956. The molecule has 3 nitrogen and oxygen atoms in total. The zero-order valence-corrected chi connectivity index (χ0v) is 16.8. The van der Waals surface area contributed by atoms with Crippen molar-refractivity contribution in [2.75, 3.05) is 0 Å². The predicted molar refractivity (Wildman–Crippen MR) is 111 cm³/mol. The molecular weight excluding hydrogens is 377 g/mol. The Balaban J connectivity index is 1.96. The van der Waals surface area contributed by atoms with Gasteiger partial charge in [0.25, 0.3) is 0 Å². The van der Waals surface area contributed by atoms with Crippen molar-refractivity contribution in [1.29, 1.82) is 5.26 Å². The van der Waals surface area contributed by atoms with E-state index in [2.05, 4.69) is 28.6 Å². The van der Waals surface area contributed by atoms with Crippen LogP contribution in [0.3, 0.4) is 0 Å². The number of aryl methyl sites for hydroxylation is 1. The largest absolute Gasteiger partial charge is 0.325 e. The van der Waals surface area contributed by atoms with Crippen molar-refractivity contribution in [3.63, 3.8) is 0 Å². The van der Waals surface area contributed by atoms with Gasteiger partial charge in [0.2, 0.25) is 0 Å². The van der Waals surface area contributed by atoms with Crippen LogP contribution in [0.1, 0.15) is 42.4 Å². The van der Waals surface area contributed by atoms with E-state index in [1.165, 1.54) is 0 Å². The van der Waals surface area contributed by atoms with Gasteiger partial charge in [-0.3, -0.25) is 0 Å². The topological polar surface area (TPSA) is 41.6 Å². The van der Waals surface area contributed by atoms with Gasteiger partial charge in [-0.2, -0.15) is 5.26 Å². The highest BCUT2D eigenvalue weighted by Gasteiger charge is 2.16. The van der Waals surface area contributed by atoms with Crippen molar-refractivity contribution in [1.82, 2.24) is 9.55 Å². The number of alkyl halides is 1. The summed E-state index contributed by atoms with van der Waals surface area (Å²) in [5.41, 5.74) is 4.50. The normalized spacial score (nSPS) is 10.7. The van der Waals surface area contributed by atoms with Crippen LogP contribution in [0.15, 0.2) is 48.5 Å². The van der Waals surface area contributed by atoms with Gasteiger partial charge >= 0.3 is 0 Å². The van der Waals surface area contributed by atoms with E-state index in [1.807, 2.05) is 42.5 Å². The lowest BCUT2D eigenvalue weighted by Gasteiger charge is -2.13. The van der Waals surface area contributed by atoms with Crippen molar-refractivity contribution >= 4 is 23.2 Å². The molecule has 1 heterocycles. The monoisotopic (exact) mass is 397 g/mol. The minimum atomic E-state index is 0.311. The Kier molecular flexibility index (Phi) is 6.55. The first-order valence-corrected chi connectivity index (χ1v) is 9.97. The van der Waals surface area contributed by atoms with E-state index < -0.39 is 0 Å². The lowest BCUT2D eigenvalue weighted by atomic mass is 9.98. The number of unbranched alkanes of at least 4 members (excludes halogenated alkanes) is 1. The fourth-order valence-electron chi connectivity index (χ4n) is 3.18. The molecule has 0 unspecified atom stereocenters. The number of imidazole rings is 1. The summed E-state index contributed by atoms with van der Waals surface area (Å²) >= 11 is 12.4. The number of hydrogen-bond acceptors (Lipinski definition) is 2. The molecule has 0 fully saturated rings. The molecule has 2 aromatic carbocycles. The van der Waals surface area contributed by atoms with Crippen LogP contribution >= 0.6 is 23.2 Å². The molecule has 138 valence electrons. The van der Waals surface area contributed by atoms with Gasteiger partial charge in [-0.05, 0) is 29.2 Å². The van der Waals surface area contributed by atoms with E-state index in [0.717, 1.165) is 47.5 Å². The highest BCUT2D eigenvalue weighted by atomic mass is 35.5. The molecule has 0 aliphatic carbocycles. The lowest BCUT2D eigenvalue weighted by molar-refractivity contribution is 0.665. The van der Waals surface area contributed by atoms with Gasteiger partial charge in [-0.1, -0.05) is 67.4 Å². The van der Waals surface area contributed by atoms with Gasteiger partial charge < -0.3 is 4.57 Å². The Morgan fingerprint density at radius 1 is 1.15 bits per heavy atom. The van der Waals surface area contributed by atoms with Gasteiger partial charge in [0.05, 0.1) is 23.2 Å². The maximum Gasteiger partial charge on any atom is 0.151 e. The van der Waals surface area contributed by atoms with E-state index in [1.54, 1.807) is 0 Å². The summed E-state index contributed by atoms with van der Waals surface area (Å²) < 4.78 is 2.09. The molecule has 0 N–H and O–H groups in total. The second-order valence-electron chi connectivity index (χ2n) is 6.45. The average Bonchev–Trinajstić information content (AvgIpc) is 3.01. The van der Waals surface area contributed by atoms with Crippen molar-refractivity contribution in [2.45, 2.75) is 38.6 Å². The number of nitriles is 1. The minimum Gasteiger partial charge on any atom is -0.325 e. The molecule has 0 radical (unpaired) electrons. The van der Waals surface area contributed by atoms with Crippen LogP contribution < -0.4 is 0 Å². The van der Waals surface area contributed by atoms with Crippen molar-refractivity contribution in [2.24, 2.45) is 0 Å². The van der Waals surface area contributed by atoms with E-state index in [0.29, 0.717) is 23.1 Å². The summed E-state index contributed by atoms with van der Waals surface area (Å²) in [5.74, 6) is 1.26. The third kappa shape index (κ3) is 4.35. The second kappa shape index (κ2) is 9.08. The molecular formula is C22H21Cl2N3. The van der Waals surface area contributed by atoms with E-state index >= 15 is 0 Å². The van der Waals surface area contributed by atoms with Gasteiger partial charge in [0, 0.05) is 13.0 Å². The van der Waals surface area contributed by atoms with Crippen molar-refractivity contribution < 1.29 is 0 Å². The van der Waals surface area contributed by atoms with Crippen molar-refractivity contribution in [3.05, 3.63) is 76.3 Å². The van der Waals surface area contributed by atoms with Crippen molar-refractivity contribution in [3.8, 4) is 17.2 Å². The number of benzene rings is 2. The van der Waals surface area contributed by atoms with Gasteiger partial charge in [0.1, 0.15) is 5.82 Å². The van der Waals surface area contributed by atoms with Crippen LogP contribution in [0.25, 0.3) is 11.1 Å². The SMILES string of the molecule is CCCCc1nc(Cl)c(CCl)n1Cc1ccc(-c2ccccc2)c(C#N)c1. The maximum atomic E-state index is 9.63. The fraction of sp³-hybridized carbons (Fsp3) is 0.273. The lowest BCUT2D eigenvalue weighted by Crippen LogP contribution is -2.08. The number of halogens is 2. The van der Waals surface area contributed by atoms with Gasteiger partial charge in [-0.15, -0.1) is 11.6 Å². The van der Waals surface area contributed by atoms with Gasteiger partial charge in [-0.25, -0.2) is 4.98 Å². The number of aromatic nitrogens is 2. The average molecular weight is 398 g/mol. The zero-order chi connectivity index (χ0) is 19.2. The third-order valence-corrected chi connectivity index (χ3v) is 5.17.